The molecule has 0 unspecified atom stereocenters. The van der Waals surface area contributed by atoms with E-state index in [9.17, 15) is 9.59 Å². The summed E-state index contributed by atoms with van der Waals surface area (Å²) in [6.07, 6.45) is 2.62. The molecule has 0 aliphatic carbocycles. The number of hydrogen-bond donors (Lipinski definition) is 3. The zero-order valence-corrected chi connectivity index (χ0v) is 9.32. The van der Waals surface area contributed by atoms with Gasteiger partial charge in [-0.2, -0.15) is 0 Å². The third kappa shape index (κ3) is 4.48. The normalized spacial score (nSPS) is 17.4. The number of nitrogens with one attached hydrogen (secondary N) is 1. The maximum atomic E-state index is 10.9. The molecule has 1 fully saturated rings. The van der Waals surface area contributed by atoms with Crippen molar-refractivity contribution in [2.75, 3.05) is 19.6 Å². The Kier molecular flexibility index (Phi) is 5.04. The van der Waals surface area contributed by atoms with E-state index in [2.05, 4.69) is 5.32 Å². The van der Waals surface area contributed by atoms with Gasteiger partial charge in [-0.15, -0.1) is 0 Å². The van der Waals surface area contributed by atoms with E-state index in [4.69, 9.17) is 10.8 Å². The highest BCUT2D eigenvalue weighted by molar-refractivity contribution is 5.72. The van der Waals surface area contributed by atoms with Crippen LogP contribution >= 0.6 is 0 Å². The van der Waals surface area contributed by atoms with Crippen LogP contribution in [0.3, 0.4) is 0 Å². The molecule has 0 atom stereocenters. The van der Waals surface area contributed by atoms with Gasteiger partial charge in [0.25, 0.3) is 0 Å². The second kappa shape index (κ2) is 6.32. The highest BCUT2D eigenvalue weighted by Crippen LogP contribution is 2.09. The van der Waals surface area contributed by atoms with Crippen molar-refractivity contribution in [2.45, 2.75) is 31.7 Å². The predicted octanol–water partition coefficient (Wildman–Crippen LogP) is -0.0161. The number of carbonyl (C=O) groups is 2. The summed E-state index contributed by atoms with van der Waals surface area (Å²) in [5, 5.41) is 11.8. The molecule has 6 nitrogen and oxygen atoms in total. The van der Waals surface area contributed by atoms with Crippen LogP contribution in [0.5, 0.6) is 0 Å². The third-order valence-corrected chi connectivity index (χ3v) is 2.81. The van der Waals surface area contributed by atoms with E-state index < -0.39 is 5.97 Å². The van der Waals surface area contributed by atoms with Crippen LogP contribution in [0.1, 0.15) is 25.7 Å². The van der Waals surface area contributed by atoms with Gasteiger partial charge in [-0.1, -0.05) is 0 Å². The molecule has 0 aromatic rings. The first-order valence-corrected chi connectivity index (χ1v) is 5.59. The number of primary amides is 1. The minimum atomic E-state index is -0.759. The third-order valence-electron chi connectivity index (χ3n) is 2.81. The van der Waals surface area contributed by atoms with Crippen LogP contribution in [0.15, 0.2) is 0 Å². The molecule has 0 aromatic heterocycles. The van der Waals surface area contributed by atoms with Crippen LogP contribution in [-0.4, -0.2) is 47.7 Å². The molecule has 16 heavy (non-hydrogen) atoms. The number of aliphatic carboxylic acids is 1. The van der Waals surface area contributed by atoms with Gasteiger partial charge in [0.15, 0.2) is 0 Å². The van der Waals surface area contributed by atoms with Crippen LogP contribution < -0.4 is 11.1 Å². The first-order chi connectivity index (χ1) is 7.59. The molecule has 1 aliphatic heterocycles. The Morgan fingerprint density at radius 2 is 2.00 bits per heavy atom. The Hall–Kier alpha value is -1.30. The lowest BCUT2D eigenvalue weighted by atomic mass is 10.1. The average molecular weight is 229 g/mol. The Bertz CT molecular complexity index is 250. The Morgan fingerprint density at radius 1 is 1.38 bits per heavy atom. The largest absolute Gasteiger partial charge is 0.481 e. The average Bonchev–Trinajstić information content (AvgIpc) is 2.25. The van der Waals surface area contributed by atoms with Gasteiger partial charge in [0, 0.05) is 25.6 Å². The highest BCUT2D eigenvalue weighted by Gasteiger charge is 2.20. The van der Waals surface area contributed by atoms with Crippen molar-refractivity contribution in [3.05, 3.63) is 0 Å². The van der Waals surface area contributed by atoms with E-state index in [0.29, 0.717) is 32.1 Å². The van der Waals surface area contributed by atoms with Crippen molar-refractivity contribution in [2.24, 2.45) is 5.73 Å². The summed E-state index contributed by atoms with van der Waals surface area (Å²) in [7, 11) is 0. The smallest absolute Gasteiger partial charge is 0.314 e. The molecule has 0 radical (unpaired) electrons. The summed E-state index contributed by atoms with van der Waals surface area (Å²) in [6, 6.07) is 0.0220. The van der Waals surface area contributed by atoms with Gasteiger partial charge in [-0.05, 0) is 25.8 Å². The van der Waals surface area contributed by atoms with E-state index >= 15 is 0 Å². The molecule has 4 N–H and O–H groups in total. The number of piperidine rings is 1. The molecule has 0 saturated carbocycles. The number of carboxylic acids is 1. The molecular weight excluding hydrogens is 210 g/mol. The van der Waals surface area contributed by atoms with E-state index in [1.165, 1.54) is 0 Å². The molecule has 1 heterocycles. The minimum absolute atomic E-state index is 0.202. The standard InChI is InChI=1S/C10H19N3O3/c11-10(16)13-6-3-8(4-7-13)12-5-1-2-9(14)15/h8,12H,1-7H2,(H2,11,16)(H,14,15). The van der Waals surface area contributed by atoms with Crippen LogP contribution in [0.2, 0.25) is 0 Å². The fraction of sp³-hybridized carbons (Fsp3) is 0.800. The van der Waals surface area contributed by atoms with Crippen molar-refractivity contribution < 1.29 is 14.7 Å². The van der Waals surface area contributed by atoms with Crippen molar-refractivity contribution in [1.29, 1.82) is 0 Å². The molecule has 0 aromatic carbocycles. The maximum absolute atomic E-state index is 10.9. The van der Waals surface area contributed by atoms with Gasteiger partial charge >= 0.3 is 12.0 Å². The number of carbonyl (C=O) groups excluding carboxylic acids is 1. The number of urea groups is 1. The van der Waals surface area contributed by atoms with Crippen molar-refractivity contribution in [1.82, 2.24) is 10.2 Å². The highest BCUT2D eigenvalue weighted by atomic mass is 16.4. The summed E-state index contributed by atoms with van der Waals surface area (Å²) in [5.74, 6) is -0.759. The molecule has 0 spiro atoms. The number of hydrogen-bond acceptors (Lipinski definition) is 3. The van der Waals surface area contributed by atoms with Crippen LogP contribution in [0.4, 0.5) is 4.79 Å². The summed E-state index contributed by atoms with van der Waals surface area (Å²) in [5.41, 5.74) is 5.17. The maximum Gasteiger partial charge on any atom is 0.314 e. The Morgan fingerprint density at radius 3 is 2.50 bits per heavy atom. The van der Waals surface area contributed by atoms with Gasteiger partial charge in [-0.3, -0.25) is 4.79 Å². The van der Waals surface area contributed by atoms with Crippen LogP contribution in [0.25, 0.3) is 0 Å². The van der Waals surface area contributed by atoms with E-state index in [1.807, 2.05) is 0 Å². The number of likely N-dealkylation sites (tertiary alicyclic amines) is 1. The summed E-state index contributed by atoms with van der Waals surface area (Å²) >= 11 is 0. The first-order valence-electron chi connectivity index (χ1n) is 5.59. The number of nitrogens with zero attached hydrogens (tertiary/aromatic N) is 1. The summed E-state index contributed by atoms with van der Waals surface area (Å²) < 4.78 is 0. The van der Waals surface area contributed by atoms with Crippen molar-refractivity contribution in [3.63, 3.8) is 0 Å². The quantitative estimate of drug-likeness (QED) is 0.577. The topological polar surface area (TPSA) is 95.7 Å². The fourth-order valence-corrected chi connectivity index (χ4v) is 1.85. The minimum Gasteiger partial charge on any atom is -0.481 e. The zero-order chi connectivity index (χ0) is 12.0. The molecule has 1 aliphatic rings. The molecule has 2 amide bonds. The SMILES string of the molecule is NC(=O)N1CCC(NCCCC(=O)O)CC1. The summed E-state index contributed by atoms with van der Waals surface area (Å²) in [4.78, 5) is 22.8. The number of carboxylic acid groups (broad SMARTS) is 1. The molecular formula is C10H19N3O3. The van der Waals surface area contributed by atoms with Gasteiger partial charge in [0.05, 0.1) is 0 Å². The van der Waals surface area contributed by atoms with E-state index in [-0.39, 0.29) is 12.5 Å². The molecule has 1 saturated heterocycles. The van der Waals surface area contributed by atoms with Gasteiger partial charge < -0.3 is 21.1 Å². The number of nitrogens with two attached hydrogens (primary N) is 1. The Labute approximate surface area is 94.8 Å². The number of rotatable bonds is 5. The molecule has 6 heteroatoms. The lowest BCUT2D eigenvalue weighted by Crippen LogP contribution is -2.47. The molecule has 1 rings (SSSR count). The van der Waals surface area contributed by atoms with E-state index in [0.717, 1.165) is 12.8 Å². The van der Waals surface area contributed by atoms with Crippen LogP contribution in [0, 0.1) is 0 Å². The summed E-state index contributed by atoms with van der Waals surface area (Å²) in [6.45, 7) is 2.09. The lowest BCUT2D eigenvalue weighted by Gasteiger charge is -2.31. The van der Waals surface area contributed by atoms with E-state index in [1.54, 1.807) is 4.90 Å². The van der Waals surface area contributed by atoms with Crippen molar-refractivity contribution in [3.8, 4) is 0 Å². The molecule has 92 valence electrons. The predicted molar refractivity (Wildman–Crippen MR) is 59.1 cm³/mol. The monoisotopic (exact) mass is 229 g/mol. The fourth-order valence-electron chi connectivity index (χ4n) is 1.85. The van der Waals surface area contributed by atoms with Crippen molar-refractivity contribution >= 4 is 12.0 Å². The first kappa shape index (κ1) is 12.8. The van der Waals surface area contributed by atoms with Gasteiger partial charge in [-0.25, -0.2) is 4.79 Å². The lowest BCUT2D eigenvalue weighted by molar-refractivity contribution is -0.137. The molecule has 0 bridgehead atoms. The van der Waals surface area contributed by atoms with Crippen LogP contribution in [-0.2, 0) is 4.79 Å². The Balaban J connectivity index is 2.08. The zero-order valence-electron chi connectivity index (χ0n) is 9.32. The van der Waals surface area contributed by atoms with Gasteiger partial charge in [0.2, 0.25) is 0 Å². The number of amides is 2. The second-order valence-corrected chi connectivity index (χ2v) is 4.05. The second-order valence-electron chi connectivity index (χ2n) is 4.05. The van der Waals surface area contributed by atoms with Gasteiger partial charge in [0.1, 0.15) is 0 Å².